The minimum atomic E-state index is -0.918. The number of halogens is 1. The molecule has 9 heteroatoms. The van der Waals surface area contributed by atoms with Crippen molar-refractivity contribution >= 4 is 11.5 Å². The zero-order valence-corrected chi connectivity index (χ0v) is 10.8. The van der Waals surface area contributed by atoms with Gasteiger partial charge in [-0.3, -0.25) is 15.5 Å². The van der Waals surface area contributed by atoms with E-state index in [1.807, 2.05) is 0 Å². The maximum atomic E-state index is 13.7. The third-order valence-electron chi connectivity index (χ3n) is 2.44. The van der Waals surface area contributed by atoms with E-state index < -0.39 is 16.4 Å². The maximum Gasteiger partial charge on any atom is 0.322 e. The van der Waals surface area contributed by atoms with Gasteiger partial charge in [0.05, 0.1) is 11.0 Å². The van der Waals surface area contributed by atoms with Gasteiger partial charge in [-0.2, -0.15) is 4.98 Å². The van der Waals surface area contributed by atoms with Crippen LogP contribution < -0.4 is 10.5 Å². The largest absolute Gasteiger partial charge is 0.421 e. The molecular formula is C12H10FN5O3. The van der Waals surface area contributed by atoms with E-state index in [-0.39, 0.29) is 23.3 Å². The summed E-state index contributed by atoms with van der Waals surface area (Å²) in [6, 6.07) is 4.21. The molecule has 0 aliphatic rings. The first-order valence-corrected chi connectivity index (χ1v) is 5.68. The van der Waals surface area contributed by atoms with Crippen molar-refractivity contribution in [3.8, 4) is 11.8 Å². The first-order chi connectivity index (χ1) is 9.86. The van der Waals surface area contributed by atoms with Crippen molar-refractivity contribution in [1.82, 2.24) is 9.97 Å². The highest BCUT2D eigenvalue weighted by atomic mass is 19.1. The number of aryl methyl sites for hydroxylation is 1. The summed E-state index contributed by atoms with van der Waals surface area (Å²) in [5.41, 5.74) is 5.54. The second kappa shape index (κ2) is 5.49. The lowest BCUT2D eigenvalue weighted by molar-refractivity contribution is -0.385. The van der Waals surface area contributed by atoms with Crippen LogP contribution in [0.4, 0.5) is 10.1 Å². The Balaban J connectivity index is 2.34. The van der Waals surface area contributed by atoms with Gasteiger partial charge in [0.1, 0.15) is 11.5 Å². The van der Waals surface area contributed by atoms with Crippen molar-refractivity contribution in [2.75, 3.05) is 0 Å². The lowest BCUT2D eigenvalue weighted by Crippen LogP contribution is -2.14. The fourth-order valence-corrected chi connectivity index (χ4v) is 1.51. The fraction of sp³-hybridized carbons (Fsp3) is 0.0833. The van der Waals surface area contributed by atoms with Crippen LogP contribution in [0.2, 0.25) is 0 Å². The molecule has 108 valence electrons. The summed E-state index contributed by atoms with van der Waals surface area (Å²) in [5.74, 6) is -1.46. The number of nitrogens with two attached hydrogens (primary N) is 1. The predicted octanol–water partition coefficient (Wildman–Crippen LogP) is 1.91. The molecule has 0 amide bonds. The molecule has 0 aliphatic carbocycles. The molecule has 0 atom stereocenters. The minimum Gasteiger partial charge on any atom is -0.421 e. The van der Waals surface area contributed by atoms with Crippen molar-refractivity contribution in [1.29, 1.82) is 5.41 Å². The molecule has 0 bridgehead atoms. The minimum absolute atomic E-state index is 0.139. The van der Waals surface area contributed by atoms with Crippen LogP contribution in [0.15, 0.2) is 24.3 Å². The summed E-state index contributed by atoms with van der Waals surface area (Å²) in [6.45, 7) is 1.63. The van der Waals surface area contributed by atoms with E-state index in [9.17, 15) is 14.5 Å². The Bertz CT molecular complexity index is 735. The quantitative estimate of drug-likeness (QED) is 0.383. The predicted molar refractivity (Wildman–Crippen MR) is 70.9 cm³/mol. The van der Waals surface area contributed by atoms with Gasteiger partial charge in [-0.25, -0.2) is 9.37 Å². The molecule has 3 N–H and O–H groups in total. The van der Waals surface area contributed by atoms with Crippen molar-refractivity contribution in [2.45, 2.75) is 6.92 Å². The number of nitro groups is 1. The number of benzene rings is 1. The van der Waals surface area contributed by atoms with Crippen molar-refractivity contribution < 1.29 is 14.1 Å². The zero-order chi connectivity index (χ0) is 15.6. The van der Waals surface area contributed by atoms with E-state index >= 15 is 0 Å². The monoisotopic (exact) mass is 291 g/mol. The van der Waals surface area contributed by atoms with Crippen LogP contribution in [0.25, 0.3) is 0 Å². The average Bonchev–Trinajstić information content (AvgIpc) is 2.40. The topological polar surface area (TPSA) is 128 Å². The zero-order valence-electron chi connectivity index (χ0n) is 10.8. The summed E-state index contributed by atoms with van der Waals surface area (Å²) in [5, 5.41) is 17.8. The standard InChI is InChI=1S/C12H10FN5O3/c1-6-4-9(11(14)15)17-12(16-6)21-10-3-2-7(18(19)20)5-8(10)13/h2-5H,1H3,(H3,14,15). The normalized spacial score (nSPS) is 10.2. The Kier molecular flexibility index (Phi) is 3.74. The summed E-state index contributed by atoms with van der Waals surface area (Å²) in [4.78, 5) is 17.6. The van der Waals surface area contributed by atoms with Gasteiger partial charge in [0.15, 0.2) is 11.6 Å². The van der Waals surface area contributed by atoms with Crippen LogP contribution in [0.3, 0.4) is 0 Å². The number of nitrogen functional groups attached to an aromatic ring is 1. The van der Waals surface area contributed by atoms with Gasteiger partial charge in [0.2, 0.25) is 0 Å². The Morgan fingerprint density at radius 2 is 2.14 bits per heavy atom. The first-order valence-electron chi connectivity index (χ1n) is 5.68. The first kappa shape index (κ1) is 14.3. The Morgan fingerprint density at radius 1 is 1.43 bits per heavy atom. The number of amidine groups is 1. The van der Waals surface area contributed by atoms with Gasteiger partial charge in [-0.05, 0) is 19.1 Å². The Hall–Kier alpha value is -3.10. The lowest BCUT2D eigenvalue weighted by Gasteiger charge is -2.07. The van der Waals surface area contributed by atoms with Gasteiger partial charge >= 0.3 is 6.01 Å². The number of non-ortho nitro benzene ring substituents is 1. The fourth-order valence-electron chi connectivity index (χ4n) is 1.51. The van der Waals surface area contributed by atoms with E-state index in [0.29, 0.717) is 5.69 Å². The molecular weight excluding hydrogens is 281 g/mol. The average molecular weight is 291 g/mol. The second-order valence-corrected chi connectivity index (χ2v) is 4.06. The van der Waals surface area contributed by atoms with Crippen LogP contribution in [-0.2, 0) is 0 Å². The SMILES string of the molecule is Cc1cc(C(=N)N)nc(Oc2ccc([N+](=O)[O-])cc2F)n1. The molecule has 1 heterocycles. The van der Waals surface area contributed by atoms with Gasteiger partial charge in [-0.15, -0.1) is 0 Å². The van der Waals surface area contributed by atoms with Crippen molar-refractivity contribution in [2.24, 2.45) is 5.73 Å². The molecule has 0 saturated carbocycles. The Labute approximate surface area is 118 Å². The van der Waals surface area contributed by atoms with E-state index in [4.69, 9.17) is 15.9 Å². The maximum absolute atomic E-state index is 13.7. The second-order valence-electron chi connectivity index (χ2n) is 4.06. The molecule has 0 saturated heterocycles. The van der Waals surface area contributed by atoms with E-state index in [1.165, 1.54) is 6.07 Å². The number of aromatic nitrogens is 2. The number of hydrogen-bond donors (Lipinski definition) is 2. The van der Waals surface area contributed by atoms with E-state index in [0.717, 1.165) is 18.2 Å². The molecule has 8 nitrogen and oxygen atoms in total. The van der Waals surface area contributed by atoms with Gasteiger partial charge in [0, 0.05) is 11.8 Å². The van der Waals surface area contributed by atoms with E-state index in [2.05, 4.69) is 9.97 Å². The van der Waals surface area contributed by atoms with Crippen LogP contribution >= 0.6 is 0 Å². The summed E-state index contributed by atoms with van der Waals surface area (Å²) >= 11 is 0. The van der Waals surface area contributed by atoms with Gasteiger partial charge in [-0.1, -0.05) is 0 Å². The Morgan fingerprint density at radius 3 is 2.71 bits per heavy atom. The number of nitrogens with zero attached hydrogens (tertiary/aromatic N) is 3. The van der Waals surface area contributed by atoms with Crippen LogP contribution in [0.1, 0.15) is 11.4 Å². The molecule has 2 rings (SSSR count). The van der Waals surface area contributed by atoms with E-state index in [1.54, 1.807) is 6.92 Å². The van der Waals surface area contributed by atoms with Crippen molar-refractivity contribution in [3.05, 3.63) is 51.6 Å². The molecule has 0 radical (unpaired) electrons. The number of nitrogens with one attached hydrogen (secondary N) is 1. The highest BCUT2D eigenvalue weighted by Crippen LogP contribution is 2.25. The van der Waals surface area contributed by atoms with Gasteiger partial charge < -0.3 is 10.5 Å². The van der Waals surface area contributed by atoms with Crippen LogP contribution in [-0.4, -0.2) is 20.7 Å². The molecule has 1 aromatic heterocycles. The molecule has 0 spiro atoms. The highest BCUT2D eigenvalue weighted by Gasteiger charge is 2.14. The third-order valence-corrected chi connectivity index (χ3v) is 2.44. The summed E-state index contributed by atoms with van der Waals surface area (Å²) in [7, 11) is 0. The van der Waals surface area contributed by atoms with Crippen LogP contribution in [0.5, 0.6) is 11.8 Å². The molecule has 21 heavy (non-hydrogen) atoms. The smallest absolute Gasteiger partial charge is 0.322 e. The number of ether oxygens (including phenoxy) is 1. The molecule has 0 fully saturated rings. The van der Waals surface area contributed by atoms with Crippen molar-refractivity contribution in [3.63, 3.8) is 0 Å². The van der Waals surface area contributed by atoms with Crippen LogP contribution in [0, 0.1) is 28.3 Å². The highest BCUT2D eigenvalue weighted by molar-refractivity contribution is 5.93. The molecule has 1 aromatic carbocycles. The van der Waals surface area contributed by atoms with Gasteiger partial charge in [0.25, 0.3) is 5.69 Å². The summed E-state index contributed by atoms with van der Waals surface area (Å²) < 4.78 is 18.8. The summed E-state index contributed by atoms with van der Waals surface area (Å²) in [6.07, 6.45) is 0. The number of hydrogen-bond acceptors (Lipinski definition) is 6. The number of nitro benzene ring substituents is 1. The third kappa shape index (κ3) is 3.26. The molecule has 0 unspecified atom stereocenters. The molecule has 0 aliphatic heterocycles. The molecule has 2 aromatic rings. The lowest BCUT2D eigenvalue weighted by atomic mass is 10.3. The number of rotatable bonds is 4.